The van der Waals surface area contributed by atoms with Gasteiger partial charge in [0.25, 0.3) is 0 Å². The smallest absolute Gasteiger partial charge is 0.171 e. The summed E-state index contributed by atoms with van der Waals surface area (Å²) in [5, 5.41) is 0. The van der Waals surface area contributed by atoms with Crippen molar-refractivity contribution in [3.8, 4) is 0 Å². The summed E-state index contributed by atoms with van der Waals surface area (Å²) >= 11 is 0. The van der Waals surface area contributed by atoms with Gasteiger partial charge in [0.15, 0.2) is 0 Å². The Morgan fingerprint density at radius 2 is 1.45 bits per heavy atom. The summed E-state index contributed by atoms with van der Waals surface area (Å²) in [5.74, 6) is -1.18. The lowest BCUT2D eigenvalue weighted by Gasteiger charge is -2.18. The van der Waals surface area contributed by atoms with Gasteiger partial charge in [0.05, 0.1) is 5.92 Å². The molecule has 0 aromatic carbocycles. The van der Waals surface area contributed by atoms with E-state index in [-0.39, 0.29) is 11.3 Å². The fourth-order valence-electron chi connectivity index (χ4n) is 1.51. The zero-order valence-corrected chi connectivity index (χ0v) is 7.00. The van der Waals surface area contributed by atoms with E-state index < -0.39 is 12.1 Å². The van der Waals surface area contributed by atoms with Gasteiger partial charge in [-0.3, -0.25) is 0 Å². The van der Waals surface area contributed by atoms with E-state index >= 15 is 0 Å². The van der Waals surface area contributed by atoms with Crippen LogP contribution >= 0.6 is 0 Å². The van der Waals surface area contributed by atoms with Crippen molar-refractivity contribution in [2.45, 2.75) is 33.4 Å². The predicted octanol–water partition coefficient (Wildman–Crippen LogP) is 3.23. The van der Waals surface area contributed by atoms with Gasteiger partial charge < -0.3 is 0 Å². The highest BCUT2D eigenvalue weighted by molar-refractivity contribution is 4.97. The summed E-state index contributed by atoms with van der Waals surface area (Å²) in [7, 11) is 0. The second kappa shape index (κ2) is 2.14. The SMILES string of the molecule is CC(C)(C)[C@H]1C[C@@H]1C(F)(F)F. The fraction of sp³-hybridized carbons (Fsp3) is 1.00. The lowest BCUT2D eigenvalue weighted by molar-refractivity contribution is -0.153. The summed E-state index contributed by atoms with van der Waals surface area (Å²) in [4.78, 5) is 0. The molecule has 1 rings (SSSR count). The van der Waals surface area contributed by atoms with Crippen molar-refractivity contribution in [3.63, 3.8) is 0 Å². The van der Waals surface area contributed by atoms with Crippen molar-refractivity contribution in [2.24, 2.45) is 17.3 Å². The molecule has 1 aliphatic rings. The van der Waals surface area contributed by atoms with Crippen molar-refractivity contribution >= 4 is 0 Å². The van der Waals surface area contributed by atoms with Gasteiger partial charge in [-0.15, -0.1) is 0 Å². The van der Waals surface area contributed by atoms with Gasteiger partial charge in [0.1, 0.15) is 0 Å². The van der Waals surface area contributed by atoms with Crippen molar-refractivity contribution in [2.75, 3.05) is 0 Å². The lowest BCUT2D eigenvalue weighted by Crippen LogP contribution is -2.18. The highest BCUT2D eigenvalue weighted by Crippen LogP contribution is 2.57. The first kappa shape index (κ1) is 8.88. The highest BCUT2D eigenvalue weighted by Gasteiger charge is 2.59. The maximum absolute atomic E-state index is 12.0. The molecule has 2 atom stereocenters. The maximum atomic E-state index is 12.0. The number of rotatable bonds is 0. The quantitative estimate of drug-likeness (QED) is 0.518. The van der Waals surface area contributed by atoms with E-state index in [0.717, 1.165) is 0 Å². The Morgan fingerprint density at radius 1 is 1.00 bits per heavy atom. The summed E-state index contributed by atoms with van der Waals surface area (Å²) < 4.78 is 36.1. The molecule has 11 heavy (non-hydrogen) atoms. The third-order valence-corrected chi connectivity index (χ3v) is 2.32. The maximum Gasteiger partial charge on any atom is 0.392 e. The van der Waals surface area contributed by atoms with Crippen LogP contribution in [0, 0.1) is 17.3 Å². The van der Waals surface area contributed by atoms with Crippen LogP contribution in [-0.4, -0.2) is 6.18 Å². The van der Waals surface area contributed by atoms with Crippen molar-refractivity contribution in [1.29, 1.82) is 0 Å². The average molecular weight is 166 g/mol. The minimum atomic E-state index is -3.96. The molecular weight excluding hydrogens is 153 g/mol. The van der Waals surface area contributed by atoms with E-state index in [9.17, 15) is 13.2 Å². The van der Waals surface area contributed by atoms with Gasteiger partial charge in [0.2, 0.25) is 0 Å². The fourth-order valence-corrected chi connectivity index (χ4v) is 1.51. The highest BCUT2D eigenvalue weighted by atomic mass is 19.4. The van der Waals surface area contributed by atoms with Gasteiger partial charge in [-0.2, -0.15) is 13.2 Å². The van der Waals surface area contributed by atoms with Crippen molar-refractivity contribution in [1.82, 2.24) is 0 Å². The molecule has 0 aromatic rings. The van der Waals surface area contributed by atoms with E-state index in [0.29, 0.717) is 6.42 Å². The summed E-state index contributed by atoms with van der Waals surface area (Å²) in [5.41, 5.74) is -0.180. The molecule has 0 nitrogen and oxygen atoms in total. The van der Waals surface area contributed by atoms with Gasteiger partial charge in [-0.25, -0.2) is 0 Å². The zero-order valence-electron chi connectivity index (χ0n) is 7.00. The van der Waals surface area contributed by atoms with Gasteiger partial charge in [-0.1, -0.05) is 20.8 Å². The van der Waals surface area contributed by atoms with Crippen LogP contribution in [0.15, 0.2) is 0 Å². The van der Waals surface area contributed by atoms with Crippen LogP contribution in [-0.2, 0) is 0 Å². The summed E-state index contributed by atoms with van der Waals surface area (Å²) in [6.07, 6.45) is -3.63. The van der Waals surface area contributed by atoms with Crippen LogP contribution < -0.4 is 0 Å². The van der Waals surface area contributed by atoms with E-state index in [2.05, 4.69) is 0 Å². The first-order chi connectivity index (χ1) is 4.73. The molecule has 0 aliphatic heterocycles. The Balaban J connectivity index is 2.51. The molecule has 0 spiro atoms. The van der Waals surface area contributed by atoms with Crippen LogP contribution in [0.3, 0.4) is 0 Å². The van der Waals surface area contributed by atoms with E-state index in [1.54, 1.807) is 0 Å². The van der Waals surface area contributed by atoms with E-state index in [1.165, 1.54) is 0 Å². The third kappa shape index (κ3) is 1.88. The first-order valence-electron chi connectivity index (χ1n) is 3.79. The van der Waals surface area contributed by atoms with Crippen LogP contribution in [0.25, 0.3) is 0 Å². The Bertz CT molecular complexity index is 134. The zero-order chi connectivity index (χ0) is 8.86. The number of alkyl halides is 3. The molecule has 1 fully saturated rings. The Morgan fingerprint density at radius 3 is 1.55 bits per heavy atom. The Hall–Kier alpha value is -0.210. The van der Waals surface area contributed by atoms with Gasteiger partial charge >= 0.3 is 6.18 Å². The molecule has 0 unspecified atom stereocenters. The van der Waals surface area contributed by atoms with Crippen molar-refractivity contribution < 1.29 is 13.2 Å². The van der Waals surface area contributed by atoms with Gasteiger partial charge in [-0.05, 0) is 17.8 Å². The van der Waals surface area contributed by atoms with Crippen LogP contribution in [0.4, 0.5) is 13.2 Å². The minimum absolute atomic E-state index is 0.150. The second-order valence-electron chi connectivity index (χ2n) is 4.36. The molecule has 0 amide bonds. The molecule has 66 valence electrons. The Labute approximate surface area is 64.8 Å². The number of hydrogen-bond donors (Lipinski definition) is 0. The normalized spacial score (nSPS) is 32.2. The van der Waals surface area contributed by atoms with Crippen LogP contribution in [0.5, 0.6) is 0 Å². The molecule has 3 heteroatoms. The second-order valence-corrected chi connectivity index (χ2v) is 4.36. The Kier molecular flexibility index (Phi) is 1.73. The van der Waals surface area contributed by atoms with Crippen LogP contribution in [0.1, 0.15) is 27.2 Å². The van der Waals surface area contributed by atoms with Gasteiger partial charge in [0, 0.05) is 0 Å². The topological polar surface area (TPSA) is 0 Å². The number of hydrogen-bond acceptors (Lipinski definition) is 0. The average Bonchev–Trinajstić information content (AvgIpc) is 2.30. The number of halogens is 3. The molecule has 0 radical (unpaired) electrons. The largest absolute Gasteiger partial charge is 0.392 e. The molecule has 0 bridgehead atoms. The molecule has 0 saturated heterocycles. The first-order valence-corrected chi connectivity index (χ1v) is 3.79. The third-order valence-electron chi connectivity index (χ3n) is 2.32. The van der Waals surface area contributed by atoms with E-state index in [4.69, 9.17) is 0 Å². The van der Waals surface area contributed by atoms with Crippen molar-refractivity contribution in [3.05, 3.63) is 0 Å². The molecule has 1 aliphatic carbocycles. The molecule has 1 saturated carbocycles. The predicted molar refractivity (Wildman–Crippen MR) is 37.1 cm³/mol. The molecule has 0 aromatic heterocycles. The summed E-state index contributed by atoms with van der Waals surface area (Å²) in [6.45, 7) is 5.59. The van der Waals surface area contributed by atoms with E-state index in [1.807, 2.05) is 20.8 Å². The van der Waals surface area contributed by atoms with Crippen LogP contribution in [0.2, 0.25) is 0 Å². The lowest BCUT2D eigenvalue weighted by atomic mass is 9.89. The standard InChI is InChI=1S/C8H13F3/c1-7(2,3)5-4-6(5)8(9,10)11/h5-6H,4H2,1-3H3/t5-,6-/m0/s1. The molecule has 0 heterocycles. The molecular formula is C8H13F3. The summed E-state index contributed by atoms with van der Waals surface area (Å²) in [6, 6.07) is 0. The minimum Gasteiger partial charge on any atom is -0.171 e. The molecule has 0 N–H and O–H groups in total. The monoisotopic (exact) mass is 166 g/mol.